The monoisotopic (exact) mass is 432 g/mol. The van der Waals surface area contributed by atoms with Gasteiger partial charge in [0.15, 0.2) is 0 Å². The number of ether oxygens (including phenoxy) is 1. The maximum absolute atomic E-state index is 13.3. The van der Waals surface area contributed by atoms with Crippen molar-refractivity contribution in [1.82, 2.24) is 0 Å². The molecule has 0 unspecified atom stereocenters. The molecule has 9 atom stereocenters. The third-order valence-electron chi connectivity index (χ3n) is 10.9. The molecular formula is C28H48O3. The van der Waals surface area contributed by atoms with Crippen LogP contribution in [0.3, 0.4) is 0 Å². The molecule has 4 fully saturated rings. The van der Waals surface area contributed by atoms with Crippen molar-refractivity contribution in [2.75, 3.05) is 7.11 Å². The third-order valence-corrected chi connectivity index (χ3v) is 10.9. The predicted molar refractivity (Wildman–Crippen MR) is 125 cm³/mol. The van der Waals surface area contributed by atoms with E-state index in [4.69, 9.17) is 4.74 Å². The van der Waals surface area contributed by atoms with E-state index >= 15 is 0 Å². The number of carbonyl (C=O) groups is 1. The van der Waals surface area contributed by atoms with Gasteiger partial charge in [-0.3, -0.25) is 4.79 Å². The van der Waals surface area contributed by atoms with Crippen LogP contribution in [0.15, 0.2) is 0 Å². The molecule has 4 aliphatic carbocycles. The minimum absolute atomic E-state index is 0.00819. The van der Waals surface area contributed by atoms with Gasteiger partial charge in [0.1, 0.15) is 0 Å². The Balaban J connectivity index is 1.55. The second-order valence-electron chi connectivity index (χ2n) is 12.6. The number of aliphatic hydroxyl groups excluding tert-OH is 1. The van der Waals surface area contributed by atoms with E-state index in [0.29, 0.717) is 29.6 Å². The lowest BCUT2D eigenvalue weighted by Gasteiger charge is -2.60. The van der Waals surface area contributed by atoms with Gasteiger partial charge < -0.3 is 9.84 Å². The quantitative estimate of drug-likeness (QED) is 0.480. The van der Waals surface area contributed by atoms with E-state index in [0.717, 1.165) is 49.4 Å². The van der Waals surface area contributed by atoms with Gasteiger partial charge in [0.25, 0.3) is 0 Å². The Morgan fingerprint density at radius 1 is 1.00 bits per heavy atom. The zero-order valence-electron chi connectivity index (χ0n) is 20.9. The van der Waals surface area contributed by atoms with Crippen LogP contribution in [0.25, 0.3) is 0 Å². The molecule has 0 aromatic carbocycles. The molecule has 4 rings (SSSR count). The summed E-state index contributed by atoms with van der Waals surface area (Å²) in [6, 6.07) is 0. The number of fused-ring (bicyclic) bond motifs is 5. The Hall–Kier alpha value is -0.570. The molecule has 0 spiro atoms. The van der Waals surface area contributed by atoms with Gasteiger partial charge in [-0.05, 0) is 105 Å². The van der Waals surface area contributed by atoms with E-state index in [2.05, 4.69) is 27.7 Å². The molecule has 31 heavy (non-hydrogen) atoms. The van der Waals surface area contributed by atoms with Crippen molar-refractivity contribution in [3.05, 3.63) is 0 Å². The highest BCUT2D eigenvalue weighted by Gasteiger charge is 2.65. The molecule has 1 N–H and O–H groups in total. The van der Waals surface area contributed by atoms with E-state index < -0.39 is 5.41 Å². The van der Waals surface area contributed by atoms with Gasteiger partial charge in [0.05, 0.1) is 18.6 Å². The minimum atomic E-state index is -0.419. The zero-order valence-corrected chi connectivity index (χ0v) is 20.9. The minimum Gasteiger partial charge on any atom is -0.469 e. The van der Waals surface area contributed by atoms with Crippen LogP contribution in [-0.2, 0) is 9.53 Å². The molecule has 0 heterocycles. The topological polar surface area (TPSA) is 46.5 Å². The summed E-state index contributed by atoms with van der Waals surface area (Å²) in [5.41, 5.74) is 0.0213. The summed E-state index contributed by atoms with van der Waals surface area (Å²) in [6.45, 7) is 9.81. The predicted octanol–water partition coefficient (Wildman–Crippen LogP) is 6.62. The van der Waals surface area contributed by atoms with Crippen molar-refractivity contribution in [2.45, 2.75) is 111 Å². The number of hydrogen-bond acceptors (Lipinski definition) is 3. The molecule has 178 valence electrons. The van der Waals surface area contributed by atoms with Crippen LogP contribution in [0.1, 0.15) is 105 Å². The number of rotatable bonds is 6. The van der Waals surface area contributed by atoms with E-state index in [9.17, 15) is 9.90 Å². The highest BCUT2D eigenvalue weighted by Crippen LogP contribution is 2.68. The summed E-state index contributed by atoms with van der Waals surface area (Å²) in [6.07, 6.45) is 13.9. The normalized spacial score (nSPS) is 45.5. The largest absolute Gasteiger partial charge is 0.469 e. The number of methoxy groups -OCH3 is 1. The molecule has 4 saturated carbocycles. The maximum atomic E-state index is 13.3. The average molecular weight is 433 g/mol. The summed E-state index contributed by atoms with van der Waals surface area (Å²) in [5.74, 6) is 4.69. The Morgan fingerprint density at radius 3 is 2.45 bits per heavy atom. The second kappa shape index (κ2) is 8.99. The molecule has 0 bridgehead atoms. The maximum Gasteiger partial charge on any atom is 0.312 e. The number of esters is 1. The summed E-state index contributed by atoms with van der Waals surface area (Å²) in [4.78, 5) is 13.3. The van der Waals surface area contributed by atoms with Crippen LogP contribution in [0.2, 0.25) is 0 Å². The Kier molecular flexibility index (Phi) is 6.84. The van der Waals surface area contributed by atoms with Crippen molar-refractivity contribution in [2.24, 2.45) is 52.3 Å². The van der Waals surface area contributed by atoms with Crippen molar-refractivity contribution in [1.29, 1.82) is 0 Å². The smallest absolute Gasteiger partial charge is 0.312 e. The molecule has 0 aliphatic heterocycles. The molecule has 3 nitrogen and oxygen atoms in total. The summed E-state index contributed by atoms with van der Waals surface area (Å²) >= 11 is 0. The zero-order chi connectivity index (χ0) is 22.4. The van der Waals surface area contributed by atoms with Crippen molar-refractivity contribution >= 4 is 5.97 Å². The van der Waals surface area contributed by atoms with Crippen molar-refractivity contribution in [3.8, 4) is 0 Å². The van der Waals surface area contributed by atoms with Crippen LogP contribution in [0.4, 0.5) is 0 Å². The molecule has 3 heteroatoms. The Labute approximate surface area is 191 Å². The third kappa shape index (κ3) is 3.89. The summed E-state index contributed by atoms with van der Waals surface area (Å²) in [7, 11) is 1.57. The van der Waals surface area contributed by atoms with Gasteiger partial charge in [-0.1, -0.05) is 47.0 Å². The number of aliphatic hydroxyl groups is 1. The highest BCUT2D eigenvalue weighted by molar-refractivity contribution is 5.78. The van der Waals surface area contributed by atoms with Crippen LogP contribution < -0.4 is 0 Å². The number of hydrogen-bond donors (Lipinski definition) is 1. The van der Waals surface area contributed by atoms with E-state index in [1.54, 1.807) is 7.11 Å². The first kappa shape index (κ1) is 23.6. The number of carbonyl (C=O) groups excluding carboxylic acids is 1. The van der Waals surface area contributed by atoms with Gasteiger partial charge in [0.2, 0.25) is 0 Å². The standard InChI is InChI=1S/C28H48O3/c1-18(2)7-6-8-19(3)23-13-14-24-22-12-10-20-9-11-21(29)17-28(20,26(30)31-5)25(22)15-16-27(23,24)4/h18-25,29H,6-17H2,1-5H3/t19-,20-,21+,22+,23-,24+,25+,27-,28-/m1/s1. The van der Waals surface area contributed by atoms with E-state index in [1.165, 1.54) is 44.9 Å². The first-order valence-corrected chi connectivity index (χ1v) is 13.5. The van der Waals surface area contributed by atoms with Gasteiger partial charge >= 0.3 is 5.97 Å². The van der Waals surface area contributed by atoms with Crippen LogP contribution >= 0.6 is 0 Å². The van der Waals surface area contributed by atoms with Gasteiger partial charge in [-0.15, -0.1) is 0 Å². The lowest BCUT2D eigenvalue weighted by Crippen LogP contribution is -2.59. The Bertz CT molecular complexity index is 644. The first-order valence-electron chi connectivity index (χ1n) is 13.5. The summed E-state index contributed by atoms with van der Waals surface area (Å²) < 4.78 is 5.46. The highest BCUT2D eigenvalue weighted by atomic mass is 16.5. The summed E-state index contributed by atoms with van der Waals surface area (Å²) in [5, 5.41) is 10.6. The van der Waals surface area contributed by atoms with Crippen molar-refractivity contribution < 1.29 is 14.6 Å². The van der Waals surface area contributed by atoms with Gasteiger partial charge in [-0.2, -0.15) is 0 Å². The molecular weight excluding hydrogens is 384 g/mol. The fourth-order valence-corrected chi connectivity index (χ4v) is 9.50. The fraction of sp³-hybridized carbons (Fsp3) is 0.964. The van der Waals surface area contributed by atoms with Crippen LogP contribution in [0, 0.1) is 52.3 Å². The van der Waals surface area contributed by atoms with Crippen LogP contribution in [-0.4, -0.2) is 24.3 Å². The van der Waals surface area contributed by atoms with Crippen LogP contribution in [0.5, 0.6) is 0 Å². The molecule has 0 radical (unpaired) electrons. The van der Waals surface area contributed by atoms with Gasteiger partial charge in [0, 0.05) is 0 Å². The second-order valence-corrected chi connectivity index (χ2v) is 12.6. The van der Waals surface area contributed by atoms with E-state index in [-0.39, 0.29) is 12.1 Å². The van der Waals surface area contributed by atoms with Gasteiger partial charge in [-0.25, -0.2) is 0 Å². The molecule has 4 aliphatic rings. The lowest BCUT2D eigenvalue weighted by molar-refractivity contribution is -0.189. The molecule has 0 amide bonds. The average Bonchev–Trinajstić information content (AvgIpc) is 3.09. The molecule has 0 saturated heterocycles. The van der Waals surface area contributed by atoms with E-state index in [1.807, 2.05) is 0 Å². The first-order chi connectivity index (χ1) is 14.7. The Morgan fingerprint density at radius 2 is 1.74 bits per heavy atom. The fourth-order valence-electron chi connectivity index (χ4n) is 9.50. The SMILES string of the molecule is COC(=O)[C@]12C[C@@H](O)CC[C@@H]1CC[C@H]1[C@@H]3CC[C@H]([C@H](C)CCCC(C)C)[C@@]3(C)CC[C@@H]12. The van der Waals surface area contributed by atoms with Crippen molar-refractivity contribution in [3.63, 3.8) is 0 Å². The lowest BCUT2D eigenvalue weighted by atomic mass is 9.43. The molecule has 0 aromatic rings. The molecule has 0 aromatic heterocycles.